The van der Waals surface area contributed by atoms with E-state index in [2.05, 4.69) is 31.8 Å². The number of fused-ring (bicyclic) bond motifs is 1. The van der Waals surface area contributed by atoms with E-state index in [0.717, 1.165) is 0 Å². The predicted octanol–water partition coefficient (Wildman–Crippen LogP) is 3.42. The van der Waals surface area contributed by atoms with Crippen molar-refractivity contribution < 1.29 is 38.1 Å². The molecule has 0 bridgehead atoms. The zero-order valence-corrected chi connectivity index (χ0v) is 23.1. The van der Waals surface area contributed by atoms with Crippen LogP contribution in [0.2, 0.25) is 0 Å². The number of halogens is 1. The van der Waals surface area contributed by atoms with Gasteiger partial charge in [-0.2, -0.15) is 5.10 Å². The van der Waals surface area contributed by atoms with Crippen molar-refractivity contribution in [1.82, 2.24) is 10.7 Å². The average Bonchev–Trinajstić information content (AvgIpc) is 3.35. The largest absolute Gasteiger partial charge is 0.490 e. The van der Waals surface area contributed by atoms with Crippen molar-refractivity contribution in [2.45, 2.75) is 33.7 Å². The Hall–Kier alpha value is -3.80. The molecule has 2 aromatic carbocycles. The molecule has 0 radical (unpaired) electrons. The molecule has 1 atom stereocenters. The molecular weight excluding hydrogens is 562 g/mol. The monoisotopic (exact) mass is 591 g/mol. The molecule has 0 aliphatic carbocycles. The molecule has 2 N–H and O–H groups in total. The van der Waals surface area contributed by atoms with Crippen LogP contribution in [0, 0.1) is 5.92 Å². The van der Waals surface area contributed by atoms with Gasteiger partial charge in [0, 0.05) is 5.56 Å². The lowest BCUT2D eigenvalue weighted by atomic mass is 10.0. The molecule has 204 valence electrons. The minimum atomic E-state index is -0.838. The number of esters is 1. The molecule has 38 heavy (non-hydrogen) atoms. The smallest absolute Gasteiger partial charge is 0.344 e. The summed E-state index contributed by atoms with van der Waals surface area (Å²) in [5.74, 6) is 0.142. The topological polar surface area (TPSA) is 134 Å². The van der Waals surface area contributed by atoms with Crippen molar-refractivity contribution in [2.24, 2.45) is 11.0 Å². The zero-order valence-electron chi connectivity index (χ0n) is 21.5. The first-order valence-electron chi connectivity index (χ1n) is 12.0. The summed E-state index contributed by atoms with van der Waals surface area (Å²) in [6.45, 7) is 7.59. The maximum atomic E-state index is 12.8. The van der Waals surface area contributed by atoms with Gasteiger partial charge in [-0.05, 0) is 71.6 Å². The molecular formula is C26H30BrN3O8. The lowest BCUT2D eigenvalue weighted by Crippen LogP contribution is -2.48. The minimum Gasteiger partial charge on any atom is -0.490 e. The normalized spacial score (nSPS) is 12.8. The lowest BCUT2D eigenvalue weighted by Gasteiger charge is -2.20. The second-order valence-electron chi connectivity index (χ2n) is 8.35. The molecule has 0 aromatic heterocycles. The fraction of sp³-hybridized carbons (Fsp3) is 0.385. The van der Waals surface area contributed by atoms with Crippen molar-refractivity contribution in [3.05, 3.63) is 45.9 Å². The van der Waals surface area contributed by atoms with E-state index >= 15 is 0 Å². The van der Waals surface area contributed by atoms with Gasteiger partial charge in [-0.25, -0.2) is 10.2 Å². The summed E-state index contributed by atoms with van der Waals surface area (Å²) in [6.07, 6.45) is 1.43. The molecule has 0 fully saturated rings. The van der Waals surface area contributed by atoms with E-state index in [0.29, 0.717) is 45.2 Å². The summed E-state index contributed by atoms with van der Waals surface area (Å²) in [4.78, 5) is 37.3. The molecule has 0 saturated carbocycles. The minimum absolute atomic E-state index is 0.0986. The number of rotatable bonds is 12. The Kier molecular flexibility index (Phi) is 10.3. The summed E-state index contributed by atoms with van der Waals surface area (Å²) in [6, 6.07) is 7.33. The Balaban J connectivity index is 1.66. The second-order valence-corrected chi connectivity index (χ2v) is 9.21. The molecule has 2 amide bonds. The molecule has 0 spiro atoms. The van der Waals surface area contributed by atoms with Gasteiger partial charge < -0.3 is 29.0 Å². The Morgan fingerprint density at radius 3 is 2.55 bits per heavy atom. The molecule has 1 aliphatic rings. The van der Waals surface area contributed by atoms with E-state index in [4.69, 9.17) is 23.7 Å². The van der Waals surface area contributed by atoms with E-state index in [1.54, 1.807) is 37.3 Å². The summed E-state index contributed by atoms with van der Waals surface area (Å²) in [5.41, 5.74) is 3.41. The number of carbonyl (C=O) groups is 3. The summed E-state index contributed by atoms with van der Waals surface area (Å²) >= 11 is 3.42. The molecule has 3 rings (SSSR count). The average molecular weight is 592 g/mol. The van der Waals surface area contributed by atoms with Crippen LogP contribution in [0.1, 0.15) is 43.6 Å². The van der Waals surface area contributed by atoms with Crippen LogP contribution in [0.3, 0.4) is 0 Å². The van der Waals surface area contributed by atoms with E-state index in [9.17, 15) is 14.4 Å². The van der Waals surface area contributed by atoms with Crippen LogP contribution in [0.5, 0.6) is 23.0 Å². The maximum Gasteiger partial charge on any atom is 0.344 e. The van der Waals surface area contributed by atoms with Gasteiger partial charge in [-0.15, -0.1) is 0 Å². The first-order chi connectivity index (χ1) is 18.2. The van der Waals surface area contributed by atoms with Gasteiger partial charge in [0.05, 0.1) is 23.9 Å². The van der Waals surface area contributed by atoms with Crippen LogP contribution < -0.4 is 29.7 Å². The fourth-order valence-electron chi connectivity index (χ4n) is 3.44. The standard InChI is InChI=1S/C26H30BrN3O8/c1-5-34-21-10-16(9-18(27)24(21)36-13-22(31)35-6-2)12-28-30-26(33)23(15(3)4)29-25(32)17-7-8-19-20(11-17)38-14-37-19/h7-12,15,23H,5-6,13-14H2,1-4H3,(H,29,32)(H,30,33)/b28-12+. The van der Waals surface area contributed by atoms with E-state index in [1.165, 1.54) is 6.21 Å². The van der Waals surface area contributed by atoms with Crippen LogP contribution in [0.25, 0.3) is 0 Å². The van der Waals surface area contributed by atoms with Crippen molar-refractivity contribution in [2.75, 3.05) is 26.6 Å². The van der Waals surface area contributed by atoms with Crippen LogP contribution in [0.4, 0.5) is 0 Å². The van der Waals surface area contributed by atoms with Crippen LogP contribution in [0.15, 0.2) is 39.9 Å². The third-order valence-corrected chi connectivity index (χ3v) is 5.82. The zero-order chi connectivity index (χ0) is 27.7. The summed E-state index contributed by atoms with van der Waals surface area (Å²) < 4.78 is 27.2. The third kappa shape index (κ3) is 7.60. The van der Waals surface area contributed by atoms with Gasteiger partial charge in [0.2, 0.25) is 6.79 Å². The van der Waals surface area contributed by atoms with E-state index < -0.39 is 23.8 Å². The molecule has 1 unspecified atom stereocenters. The van der Waals surface area contributed by atoms with Crippen molar-refractivity contribution >= 4 is 39.9 Å². The van der Waals surface area contributed by atoms with Gasteiger partial charge in [0.25, 0.3) is 11.8 Å². The number of hydrazone groups is 1. The molecule has 1 heterocycles. The number of carbonyl (C=O) groups excluding carboxylic acids is 3. The Morgan fingerprint density at radius 2 is 1.84 bits per heavy atom. The quantitative estimate of drug-likeness (QED) is 0.218. The number of ether oxygens (including phenoxy) is 5. The number of nitrogens with zero attached hydrogens (tertiary/aromatic N) is 1. The highest BCUT2D eigenvalue weighted by Crippen LogP contribution is 2.36. The van der Waals surface area contributed by atoms with Gasteiger partial charge in [-0.1, -0.05) is 13.8 Å². The Morgan fingerprint density at radius 1 is 1.08 bits per heavy atom. The molecule has 12 heteroatoms. The fourth-order valence-corrected chi connectivity index (χ4v) is 4.01. The molecule has 1 aliphatic heterocycles. The van der Waals surface area contributed by atoms with E-state index in [-0.39, 0.29) is 25.9 Å². The van der Waals surface area contributed by atoms with Crippen LogP contribution in [-0.2, 0) is 14.3 Å². The van der Waals surface area contributed by atoms with Gasteiger partial charge >= 0.3 is 5.97 Å². The second kappa shape index (κ2) is 13.7. The lowest BCUT2D eigenvalue weighted by molar-refractivity contribution is -0.145. The third-order valence-electron chi connectivity index (χ3n) is 5.23. The predicted molar refractivity (Wildman–Crippen MR) is 142 cm³/mol. The highest BCUT2D eigenvalue weighted by atomic mass is 79.9. The van der Waals surface area contributed by atoms with Gasteiger partial charge in [0.1, 0.15) is 6.04 Å². The first-order valence-corrected chi connectivity index (χ1v) is 12.8. The highest BCUT2D eigenvalue weighted by molar-refractivity contribution is 9.10. The number of nitrogens with one attached hydrogen (secondary N) is 2. The Bertz CT molecular complexity index is 1200. The van der Waals surface area contributed by atoms with Crippen molar-refractivity contribution in [3.8, 4) is 23.0 Å². The van der Waals surface area contributed by atoms with Crippen molar-refractivity contribution in [1.29, 1.82) is 0 Å². The number of amides is 2. The van der Waals surface area contributed by atoms with Crippen molar-refractivity contribution in [3.63, 3.8) is 0 Å². The van der Waals surface area contributed by atoms with Crippen LogP contribution in [-0.4, -0.2) is 56.7 Å². The summed E-state index contributed by atoms with van der Waals surface area (Å²) in [7, 11) is 0. The molecule has 11 nitrogen and oxygen atoms in total. The van der Waals surface area contributed by atoms with Gasteiger partial charge in [-0.3, -0.25) is 9.59 Å². The number of hydrogen-bond donors (Lipinski definition) is 2. The first kappa shape index (κ1) is 28.8. The maximum absolute atomic E-state index is 12.8. The van der Waals surface area contributed by atoms with Crippen LogP contribution >= 0.6 is 15.9 Å². The highest BCUT2D eigenvalue weighted by Gasteiger charge is 2.25. The molecule has 0 saturated heterocycles. The summed E-state index contributed by atoms with van der Waals surface area (Å²) in [5, 5.41) is 6.78. The van der Waals surface area contributed by atoms with Gasteiger partial charge in [0.15, 0.2) is 29.6 Å². The van der Waals surface area contributed by atoms with E-state index in [1.807, 2.05) is 20.8 Å². The number of hydrogen-bond acceptors (Lipinski definition) is 9. The Labute approximate surface area is 228 Å². The number of benzene rings is 2. The SMILES string of the molecule is CCOC(=O)COc1c(Br)cc(/C=N/NC(=O)C(NC(=O)c2ccc3c(c2)OCO3)C(C)C)cc1OCC. The molecule has 2 aromatic rings.